The molecule has 0 bridgehead atoms. The van der Waals surface area contributed by atoms with Crippen molar-refractivity contribution >= 4 is 17.5 Å². The SMILES string of the molecule is Nc1ccc(O)c(CN2CC(=O)NC(=O)C2)c1. The second-order valence-corrected chi connectivity index (χ2v) is 4.00. The number of nitrogen functional groups attached to an aromatic ring is 1. The summed E-state index contributed by atoms with van der Waals surface area (Å²) >= 11 is 0. The molecule has 0 aromatic heterocycles. The van der Waals surface area contributed by atoms with E-state index in [1.807, 2.05) is 0 Å². The Balaban J connectivity index is 2.12. The van der Waals surface area contributed by atoms with Crippen LogP contribution in [0.2, 0.25) is 0 Å². The van der Waals surface area contributed by atoms with E-state index >= 15 is 0 Å². The molecule has 0 saturated carbocycles. The maximum atomic E-state index is 11.2. The molecule has 6 nitrogen and oxygen atoms in total. The summed E-state index contributed by atoms with van der Waals surface area (Å²) in [5.41, 5.74) is 6.75. The smallest absolute Gasteiger partial charge is 0.240 e. The molecule has 0 unspecified atom stereocenters. The number of phenolic OH excluding ortho intramolecular Hbond substituents is 1. The Bertz CT molecular complexity index is 457. The van der Waals surface area contributed by atoms with E-state index in [0.29, 0.717) is 17.8 Å². The van der Waals surface area contributed by atoms with Crippen molar-refractivity contribution in [2.45, 2.75) is 6.54 Å². The first-order chi connectivity index (χ1) is 8.04. The summed E-state index contributed by atoms with van der Waals surface area (Å²) in [5, 5.41) is 11.8. The van der Waals surface area contributed by atoms with Gasteiger partial charge in [0.05, 0.1) is 13.1 Å². The van der Waals surface area contributed by atoms with E-state index in [-0.39, 0.29) is 30.7 Å². The average molecular weight is 235 g/mol. The van der Waals surface area contributed by atoms with Gasteiger partial charge in [-0.25, -0.2) is 0 Å². The van der Waals surface area contributed by atoms with Gasteiger partial charge in [-0.1, -0.05) is 0 Å². The van der Waals surface area contributed by atoms with Crippen LogP contribution >= 0.6 is 0 Å². The van der Waals surface area contributed by atoms with Gasteiger partial charge in [0.25, 0.3) is 0 Å². The van der Waals surface area contributed by atoms with Gasteiger partial charge in [0.2, 0.25) is 11.8 Å². The van der Waals surface area contributed by atoms with Crippen molar-refractivity contribution in [2.24, 2.45) is 0 Å². The number of aromatic hydroxyl groups is 1. The van der Waals surface area contributed by atoms with E-state index in [9.17, 15) is 14.7 Å². The molecule has 1 aliphatic heterocycles. The molecular weight excluding hydrogens is 222 g/mol. The first-order valence-corrected chi connectivity index (χ1v) is 5.17. The summed E-state index contributed by atoms with van der Waals surface area (Å²) in [4.78, 5) is 24.0. The number of carbonyl (C=O) groups excluding carboxylic acids is 2. The molecule has 0 aliphatic carbocycles. The van der Waals surface area contributed by atoms with Gasteiger partial charge in [-0.2, -0.15) is 0 Å². The molecule has 1 saturated heterocycles. The quantitative estimate of drug-likeness (QED) is 0.362. The number of carbonyl (C=O) groups is 2. The number of hydrogen-bond donors (Lipinski definition) is 3. The van der Waals surface area contributed by atoms with Crippen LogP contribution in [0, 0.1) is 0 Å². The third-order valence-corrected chi connectivity index (χ3v) is 2.51. The highest BCUT2D eigenvalue weighted by Crippen LogP contribution is 2.21. The minimum absolute atomic E-state index is 0.109. The fraction of sp³-hybridized carbons (Fsp3) is 0.273. The van der Waals surface area contributed by atoms with Crippen LogP contribution in [0.4, 0.5) is 5.69 Å². The van der Waals surface area contributed by atoms with Gasteiger partial charge >= 0.3 is 0 Å². The highest BCUT2D eigenvalue weighted by molar-refractivity contribution is 5.99. The van der Waals surface area contributed by atoms with Crippen molar-refractivity contribution in [3.8, 4) is 5.75 Å². The zero-order valence-electron chi connectivity index (χ0n) is 9.14. The van der Waals surface area contributed by atoms with Gasteiger partial charge in [-0.15, -0.1) is 0 Å². The van der Waals surface area contributed by atoms with Gasteiger partial charge in [0.15, 0.2) is 0 Å². The summed E-state index contributed by atoms with van der Waals surface area (Å²) in [6.07, 6.45) is 0. The standard InChI is InChI=1S/C11H13N3O3/c12-8-1-2-9(15)7(3-8)4-14-5-10(16)13-11(17)6-14/h1-3,15H,4-6,12H2,(H,13,16,17). The second kappa shape index (κ2) is 4.42. The van der Waals surface area contributed by atoms with E-state index in [2.05, 4.69) is 5.32 Å². The minimum Gasteiger partial charge on any atom is -0.508 e. The van der Waals surface area contributed by atoms with Crippen LogP contribution in [-0.4, -0.2) is 34.9 Å². The monoisotopic (exact) mass is 235 g/mol. The molecule has 1 heterocycles. The molecule has 1 aromatic carbocycles. The highest BCUT2D eigenvalue weighted by Gasteiger charge is 2.22. The van der Waals surface area contributed by atoms with E-state index in [4.69, 9.17) is 5.73 Å². The third kappa shape index (κ3) is 2.73. The fourth-order valence-corrected chi connectivity index (χ4v) is 1.78. The summed E-state index contributed by atoms with van der Waals surface area (Å²) < 4.78 is 0. The molecule has 2 rings (SSSR count). The number of imide groups is 1. The number of rotatable bonds is 2. The van der Waals surface area contributed by atoms with Crippen LogP contribution in [0.15, 0.2) is 18.2 Å². The first-order valence-electron chi connectivity index (χ1n) is 5.17. The normalized spacial score (nSPS) is 16.9. The van der Waals surface area contributed by atoms with Crippen LogP contribution < -0.4 is 11.1 Å². The lowest BCUT2D eigenvalue weighted by molar-refractivity contribution is -0.136. The summed E-state index contributed by atoms with van der Waals surface area (Å²) in [5.74, 6) is -0.549. The van der Waals surface area contributed by atoms with Crippen molar-refractivity contribution in [1.82, 2.24) is 10.2 Å². The van der Waals surface area contributed by atoms with Gasteiger partial charge < -0.3 is 10.8 Å². The summed E-state index contributed by atoms with van der Waals surface area (Å²) in [7, 11) is 0. The molecule has 4 N–H and O–H groups in total. The summed E-state index contributed by atoms with van der Waals surface area (Å²) in [6, 6.07) is 4.72. The molecule has 17 heavy (non-hydrogen) atoms. The zero-order valence-corrected chi connectivity index (χ0v) is 9.14. The Morgan fingerprint density at radius 2 is 1.94 bits per heavy atom. The molecule has 1 aliphatic rings. The van der Waals surface area contributed by atoms with Gasteiger partial charge in [-0.05, 0) is 18.2 Å². The predicted molar refractivity (Wildman–Crippen MR) is 60.9 cm³/mol. The molecule has 0 radical (unpaired) electrons. The second-order valence-electron chi connectivity index (χ2n) is 4.00. The van der Waals surface area contributed by atoms with Crippen LogP contribution in [0.25, 0.3) is 0 Å². The van der Waals surface area contributed by atoms with Crippen molar-refractivity contribution in [1.29, 1.82) is 0 Å². The number of nitrogens with two attached hydrogens (primary N) is 1. The van der Waals surface area contributed by atoms with Crippen molar-refractivity contribution in [2.75, 3.05) is 18.8 Å². The van der Waals surface area contributed by atoms with E-state index in [1.54, 1.807) is 17.0 Å². The number of anilines is 1. The maximum absolute atomic E-state index is 11.2. The van der Waals surface area contributed by atoms with Crippen LogP contribution in [0.5, 0.6) is 5.75 Å². The largest absolute Gasteiger partial charge is 0.508 e. The van der Waals surface area contributed by atoms with Crippen molar-refractivity contribution in [3.05, 3.63) is 23.8 Å². The lowest BCUT2D eigenvalue weighted by Gasteiger charge is -2.25. The number of nitrogens with zero attached hydrogens (tertiary/aromatic N) is 1. The average Bonchev–Trinajstić information content (AvgIpc) is 2.22. The Labute approximate surface area is 98.0 Å². The molecule has 2 amide bonds. The van der Waals surface area contributed by atoms with Gasteiger partial charge in [0.1, 0.15) is 5.75 Å². The molecule has 6 heteroatoms. The lowest BCUT2D eigenvalue weighted by Crippen LogP contribution is -2.50. The topological polar surface area (TPSA) is 95.7 Å². The Hall–Kier alpha value is -2.08. The third-order valence-electron chi connectivity index (χ3n) is 2.51. The number of piperazine rings is 1. The van der Waals surface area contributed by atoms with E-state index in [0.717, 1.165) is 0 Å². The molecule has 1 aromatic rings. The number of nitrogens with one attached hydrogen (secondary N) is 1. The van der Waals surface area contributed by atoms with E-state index < -0.39 is 0 Å². The zero-order chi connectivity index (χ0) is 12.4. The number of hydrogen-bond acceptors (Lipinski definition) is 5. The molecule has 1 fully saturated rings. The van der Waals surface area contributed by atoms with Crippen LogP contribution in [0.1, 0.15) is 5.56 Å². The Morgan fingerprint density at radius 3 is 2.59 bits per heavy atom. The molecule has 0 atom stereocenters. The predicted octanol–water partition coefficient (Wildman–Crippen LogP) is -0.567. The minimum atomic E-state index is -0.329. The fourth-order valence-electron chi connectivity index (χ4n) is 1.78. The van der Waals surface area contributed by atoms with Crippen LogP contribution in [0.3, 0.4) is 0 Å². The Morgan fingerprint density at radius 1 is 1.29 bits per heavy atom. The van der Waals surface area contributed by atoms with Crippen molar-refractivity contribution in [3.63, 3.8) is 0 Å². The molecular formula is C11H13N3O3. The van der Waals surface area contributed by atoms with Gasteiger partial charge in [-0.3, -0.25) is 19.8 Å². The summed E-state index contributed by atoms with van der Waals surface area (Å²) in [6.45, 7) is 0.593. The number of amides is 2. The van der Waals surface area contributed by atoms with Gasteiger partial charge in [0, 0.05) is 17.8 Å². The van der Waals surface area contributed by atoms with Crippen LogP contribution in [-0.2, 0) is 16.1 Å². The van der Waals surface area contributed by atoms with E-state index in [1.165, 1.54) is 6.07 Å². The maximum Gasteiger partial charge on any atom is 0.240 e. The number of phenols is 1. The molecule has 90 valence electrons. The number of benzene rings is 1. The molecule has 0 spiro atoms. The van der Waals surface area contributed by atoms with Crippen molar-refractivity contribution < 1.29 is 14.7 Å². The lowest BCUT2D eigenvalue weighted by atomic mass is 10.1. The first kappa shape index (κ1) is 11.4. The Kier molecular flexibility index (Phi) is 2.97. The highest BCUT2D eigenvalue weighted by atomic mass is 16.3.